The first-order chi connectivity index (χ1) is 7.61. The smallest absolute Gasteiger partial charge is 0.302 e. The topological polar surface area (TPSA) is 55.8 Å². The van der Waals surface area contributed by atoms with Crippen LogP contribution in [0, 0.1) is 0 Å². The monoisotopic (exact) mass is 229 g/mol. The summed E-state index contributed by atoms with van der Waals surface area (Å²) >= 11 is 0. The first-order valence-electron chi connectivity index (χ1n) is 5.63. The van der Waals surface area contributed by atoms with Crippen molar-refractivity contribution in [2.45, 2.75) is 39.3 Å². The lowest BCUT2D eigenvalue weighted by molar-refractivity contribution is -0.154. The third kappa shape index (κ3) is 4.18. The fourth-order valence-electron chi connectivity index (χ4n) is 1.76. The Bertz CT molecular complexity index is 248. The van der Waals surface area contributed by atoms with Crippen molar-refractivity contribution >= 4 is 11.9 Å². The minimum Gasteiger partial charge on any atom is -0.464 e. The van der Waals surface area contributed by atoms with Crippen molar-refractivity contribution in [3.05, 3.63) is 0 Å². The molecular formula is C11H19NO4. The number of carbonyl (C=O) groups excluding carboxylic acids is 2. The largest absolute Gasteiger partial charge is 0.464 e. The molecule has 16 heavy (non-hydrogen) atoms. The fraction of sp³-hybridized carbons (Fsp3) is 0.818. The molecule has 1 rings (SSSR count). The van der Waals surface area contributed by atoms with E-state index in [-0.39, 0.29) is 24.7 Å². The van der Waals surface area contributed by atoms with Crippen LogP contribution in [0.15, 0.2) is 0 Å². The van der Waals surface area contributed by atoms with Crippen LogP contribution in [0.5, 0.6) is 0 Å². The maximum absolute atomic E-state index is 11.4. The molecule has 5 heteroatoms. The Hall–Kier alpha value is -1.10. The van der Waals surface area contributed by atoms with Gasteiger partial charge in [0.15, 0.2) is 0 Å². The highest BCUT2D eigenvalue weighted by Crippen LogP contribution is 2.16. The molecule has 0 aromatic heterocycles. The van der Waals surface area contributed by atoms with Gasteiger partial charge in [0.05, 0.1) is 6.54 Å². The average Bonchev–Trinajstić information content (AvgIpc) is 2.25. The summed E-state index contributed by atoms with van der Waals surface area (Å²) < 4.78 is 10.3. The lowest BCUT2D eigenvalue weighted by Crippen LogP contribution is -2.44. The van der Waals surface area contributed by atoms with Crippen molar-refractivity contribution in [3.63, 3.8) is 0 Å². The molecule has 1 aliphatic rings. The second kappa shape index (κ2) is 6.48. The van der Waals surface area contributed by atoms with Gasteiger partial charge < -0.3 is 14.4 Å². The van der Waals surface area contributed by atoms with E-state index >= 15 is 0 Å². The maximum Gasteiger partial charge on any atom is 0.302 e. The van der Waals surface area contributed by atoms with Gasteiger partial charge >= 0.3 is 5.97 Å². The Kier molecular flexibility index (Phi) is 5.25. The quantitative estimate of drug-likeness (QED) is 0.673. The number of carbonyl (C=O) groups is 2. The summed E-state index contributed by atoms with van der Waals surface area (Å²) in [6.07, 6.45) is 2.83. The van der Waals surface area contributed by atoms with Crippen molar-refractivity contribution in [3.8, 4) is 0 Å². The molecule has 0 aliphatic carbocycles. The molecule has 0 N–H and O–H groups in total. The van der Waals surface area contributed by atoms with Gasteiger partial charge in [-0.2, -0.15) is 0 Å². The molecular weight excluding hydrogens is 210 g/mol. The van der Waals surface area contributed by atoms with E-state index in [4.69, 9.17) is 9.47 Å². The highest BCUT2D eigenvalue weighted by molar-refractivity contribution is 5.73. The van der Waals surface area contributed by atoms with Gasteiger partial charge in [-0.1, -0.05) is 0 Å². The molecule has 1 unspecified atom stereocenters. The predicted octanol–water partition coefficient (Wildman–Crippen LogP) is 0.925. The molecule has 1 atom stereocenters. The third-order valence-electron chi connectivity index (χ3n) is 2.55. The zero-order valence-corrected chi connectivity index (χ0v) is 9.90. The van der Waals surface area contributed by atoms with Crippen molar-refractivity contribution < 1.29 is 19.1 Å². The number of rotatable bonds is 4. The number of hydrogen-bond acceptors (Lipinski definition) is 4. The van der Waals surface area contributed by atoms with Crippen LogP contribution in [0.3, 0.4) is 0 Å². The van der Waals surface area contributed by atoms with Gasteiger partial charge in [-0.15, -0.1) is 0 Å². The molecule has 92 valence electrons. The van der Waals surface area contributed by atoms with Crippen molar-refractivity contribution in [2.24, 2.45) is 0 Å². The standard InChI is InChI=1S/C11H19NO4/c1-9(13)12(6-8-15-10(2)14)11-5-3-4-7-16-11/h11H,3-8H2,1-2H3. The Morgan fingerprint density at radius 1 is 1.38 bits per heavy atom. The van der Waals surface area contributed by atoms with Gasteiger partial charge in [-0.05, 0) is 19.3 Å². The number of amides is 1. The molecule has 1 saturated heterocycles. The zero-order chi connectivity index (χ0) is 12.0. The predicted molar refractivity (Wildman–Crippen MR) is 57.6 cm³/mol. The Labute approximate surface area is 95.7 Å². The van der Waals surface area contributed by atoms with Crippen molar-refractivity contribution in [1.29, 1.82) is 0 Å². The Morgan fingerprint density at radius 2 is 2.12 bits per heavy atom. The van der Waals surface area contributed by atoms with E-state index < -0.39 is 0 Å². The maximum atomic E-state index is 11.4. The molecule has 1 heterocycles. The van der Waals surface area contributed by atoms with Crippen LogP contribution >= 0.6 is 0 Å². The number of ether oxygens (including phenoxy) is 2. The van der Waals surface area contributed by atoms with E-state index in [1.165, 1.54) is 13.8 Å². The summed E-state index contributed by atoms with van der Waals surface area (Å²) in [5.41, 5.74) is 0. The molecule has 0 aromatic rings. The molecule has 0 radical (unpaired) electrons. The normalized spacial score (nSPS) is 20.2. The first-order valence-corrected chi connectivity index (χ1v) is 5.63. The van der Waals surface area contributed by atoms with E-state index in [1.807, 2.05) is 0 Å². The van der Waals surface area contributed by atoms with E-state index in [0.717, 1.165) is 19.3 Å². The molecule has 5 nitrogen and oxygen atoms in total. The number of nitrogens with zero attached hydrogens (tertiary/aromatic N) is 1. The Morgan fingerprint density at radius 3 is 2.62 bits per heavy atom. The third-order valence-corrected chi connectivity index (χ3v) is 2.55. The van der Waals surface area contributed by atoms with E-state index in [0.29, 0.717) is 13.2 Å². The molecule has 0 aromatic carbocycles. The molecule has 0 spiro atoms. The van der Waals surface area contributed by atoms with E-state index in [9.17, 15) is 9.59 Å². The summed E-state index contributed by atoms with van der Waals surface area (Å²) in [6.45, 7) is 4.19. The SMILES string of the molecule is CC(=O)OCCN(C(C)=O)C1CCCCO1. The summed E-state index contributed by atoms with van der Waals surface area (Å²) in [5, 5.41) is 0. The van der Waals surface area contributed by atoms with Gasteiger partial charge in [0, 0.05) is 20.5 Å². The number of esters is 1. The van der Waals surface area contributed by atoms with Crippen LogP contribution in [0.4, 0.5) is 0 Å². The minimum absolute atomic E-state index is 0.0425. The highest BCUT2D eigenvalue weighted by Gasteiger charge is 2.23. The fourth-order valence-corrected chi connectivity index (χ4v) is 1.76. The Balaban J connectivity index is 2.40. The molecule has 1 aliphatic heterocycles. The highest BCUT2D eigenvalue weighted by atomic mass is 16.5. The second-order valence-corrected chi connectivity index (χ2v) is 3.87. The summed E-state index contributed by atoms with van der Waals surface area (Å²) in [7, 11) is 0. The minimum atomic E-state index is -0.326. The van der Waals surface area contributed by atoms with Crippen LogP contribution < -0.4 is 0 Å². The molecule has 1 fully saturated rings. The first kappa shape index (κ1) is 13.0. The summed E-state index contributed by atoms with van der Waals surface area (Å²) in [6, 6.07) is 0. The average molecular weight is 229 g/mol. The van der Waals surface area contributed by atoms with Crippen molar-refractivity contribution in [1.82, 2.24) is 4.90 Å². The molecule has 1 amide bonds. The van der Waals surface area contributed by atoms with E-state index in [2.05, 4.69) is 0 Å². The van der Waals surface area contributed by atoms with Crippen molar-refractivity contribution in [2.75, 3.05) is 19.8 Å². The van der Waals surface area contributed by atoms with Gasteiger partial charge in [0.25, 0.3) is 0 Å². The van der Waals surface area contributed by atoms with Crippen LogP contribution in [0.1, 0.15) is 33.1 Å². The van der Waals surface area contributed by atoms with E-state index in [1.54, 1.807) is 4.90 Å². The van der Waals surface area contributed by atoms with Crippen LogP contribution in [-0.4, -0.2) is 42.8 Å². The zero-order valence-electron chi connectivity index (χ0n) is 9.90. The van der Waals surface area contributed by atoms with Gasteiger partial charge in [0.2, 0.25) is 5.91 Å². The van der Waals surface area contributed by atoms with Crippen LogP contribution in [-0.2, 0) is 19.1 Å². The van der Waals surface area contributed by atoms with Crippen LogP contribution in [0.25, 0.3) is 0 Å². The van der Waals surface area contributed by atoms with Gasteiger partial charge in [-0.25, -0.2) is 0 Å². The second-order valence-electron chi connectivity index (χ2n) is 3.87. The van der Waals surface area contributed by atoms with Gasteiger partial charge in [-0.3, -0.25) is 9.59 Å². The van der Waals surface area contributed by atoms with Crippen LogP contribution in [0.2, 0.25) is 0 Å². The number of hydrogen-bond donors (Lipinski definition) is 0. The lowest BCUT2D eigenvalue weighted by atomic mass is 10.1. The summed E-state index contributed by atoms with van der Waals surface area (Å²) in [4.78, 5) is 23.7. The lowest BCUT2D eigenvalue weighted by Gasteiger charge is -2.33. The molecule has 0 bridgehead atoms. The van der Waals surface area contributed by atoms with Gasteiger partial charge in [0.1, 0.15) is 12.8 Å². The summed E-state index contributed by atoms with van der Waals surface area (Å²) in [5.74, 6) is -0.368. The molecule has 0 saturated carbocycles.